The first-order valence-corrected chi connectivity index (χ1v) is 22.6. The van der Waals surface area contributed by atoms with Crippen LogP contribution in [0.1, 0.15) is 0 Å². The first kappa shape index (κ1) is 37.7. The Morgan fingerprint density at radius 2 is 0.500 bits per heavy atom. The van der Waals surface area contributed by atoms with Crippen LogP contribution in [-0.2, 0) is 0 Å². The van der Waals surface area contributed by atoms with E-state index in [0.29, 0.717) is 0 Å². The smallest absolute Gasteiger partial charge is 0.0619 e. The molecule has 0 saturated heterocycles. The molecule has 2 heterocycles. The minimum absolute atomic E-state index is 1.09. The number of hydrogen-bond donors (Lipinski definition) is 0. The molecule has 11 aromatic carbocycles. The molecule has 0 bridgehead atoms. The van der Waals surface area contributed by atoms with E-state index in [1.54, 1.807) is 0 Å². The van der Waals surface area contributed by atoms with Gasteiger partial charge in [0.1, 0.15) is 0 Å². The van der Waals surface area contributed by atoms with Crippen molar-refractivity contribution in [3.8, 4) is 11.4 Å². The number of fused-ring (bicyclic) bond motifs is 8. The summed E-state index contributed by atoms with van der Waals surface area (Å²) in [6.45, 7) is 0. The van der Waals surface area contributed by atoms with E-state index in [9.17, 15) is 0 Å². The van der Waals surface area contributed by atoms with Crippen LogP contribution in [0, 0.1) is 0 Å². The summed E-state index contributed by atoms with van der Waals surface area (Å²) in [5.41, 5.74) is 13.6. The van der Waals surface area contributed by atoms with Crippen molar-refractivity contribution < 1.29 is 0 Å². The van der Waals surface area contributed by atoms with E-state index < -0.39 is 0 Å². The summed E-state index contributed by atoms with van der Waals surface area (Å²) in [7, 11) is 0. The Balaban J connectivity index is 1.08. The lowest BCUT2D eigenvalue weighted by molar-refractivity contribution is 1.18. The number of hydrogen-bond acceptors (Lipinski definition) is 2. The Morgan fingerprint density at radius 1 is 0.212 bits per heavy atom. The van der Waals surface area contributed by atoms with Crippen molar-refractivity contribution in [2.24, 2.45) is 0 Å². The van der Waals surface area contributed by atoms with Gasteiger partial charge in [-0.05, 0) is 97.1 Å². The molecule has 0 amide bonds. The van der Waals surface area contributed by atoms with Crippen LogP contribution in [0.25, 0.3) is 76.5 Å². The van der Waals surface area contributed by atoms with Crippen molar-refractivity contribution in [2.75, 3.05) is 9.80 Å². The Bertz CT molecular complexity index is 3610. The van der Waals surface area contributed by atoms with Crippen molar-refractivity contribution in [1.82, 2.24) is 9.13 Å². The third-order valence-electron chi connectivity index (χ3n) is 13.2. The van der Waals surface area contributed by atoms with Gasteiger partial charge in [0.05, 0.1) is 33.4 Å². The molecule has 0 atom stereocenters. The van der Waals surface area contributed by atoms with Gasteiger partial charge in [0.2, 0.25) is 0 Å². The van der Waals surface area contributed by atoms with Gasteiger partial charge in [0, 0.05) is 77.2 Å². The van der Waals surface area contributed by atoms with E-state index >= 15 is 0 Å². The lowest BCUT2D eigenvalue weighted by atomic mass is 9.95. The average Bonchev–Trinajstić information content (AvgIpc) is 3.90. The van der Waals surface area contributed by atoms with Crippen molar-refractivity contribution in [3.05, 3.63) is 255 Å². The van der Waals surface area contributed by atoms with E-state index in [0.717, 1.165) is 67.0 Å². The van der Waals surface area contributed by atoms with Crippen molar-refractivity contribution in [2.45, 2.75) is 0 Å². The highest BCUT2D eigenvalue weighted by atomic mass is 15.2. The maximum absolute atomic E-state index is 2.47. The molecule has 0 spiro atoms. The van der Waals surface area contributed by atoms with Gasteiger partial charge in [0.15, 0.2) is 0 Å². The number of benzene rings is 11. The van der Waals surface area contributed by atoms with Crippen LogP contribution in [0.2, 0.25) is 0 Å². The fourth-order valence-electron chi connectivity index (χ4n) is 10.4. The zero-order valence-corrected chi connectivity index (χ0v) is 36.0. The SMILES string of the molecule is c1ccc(N(c2ccc3c(c2)c2ccccc2n3-c2ccccc2)c2c3ccccc3c(N(c3ccccc3)c3ccc4c(c3)c3ccccc3n4-c3ccccc3)c3ccccc23)cc1. The molecule has 4 heteroatoms. The molecule has 66 heavy (non-hydrogen) atoms. The highest BCUT2D eigenvalue weighted by Gasteiger charge is 2.27. The third kappa shape index (κ3) is 5.93. The maximum Gasteiger partial charge on any atom is 0.0619 e. The monoisotopic (exact) mass is 842 g/mol. The van der Waals surface area contributed by atoms with Gasteiger partial charge in [0.25, 0.3) is 0 Å². The maximum atomic E-state index is 2.47. The van der Waals surface area contributed by atoms with Gasteiger partial charge in [-0.1, -0.05) is 158 Å². The highest BCUT2D eigenvalue weighted by molar-refractivity contribution is 6.24. The van der Waals surface area contributed by atoms with E-state index in [1.165, 1.54) is 43.6 Å². The topological polar surface area (TPSA) is 16.3 Å². The summed E-state index contributed by atoms with van der Waals surface area (Å²) in [4.78, 5) is 4.94. The molecule has 0 aliphatic rings. The summed E-state index contributed by atoms with van der Waals surface area (Å²) < 4.78 is 4.77. The molecule has 310 valence electrons. The van der Waals surface area contributed by atoms with Gasteiger partial charge in [-0.25, -0.2) is 0 Å². The van der Waals surface area contributed by atoms with Gasteiger partial charge in [-0.2, -0.15) is 0 Å². The zero-order chi connectivity index (χ0) is 43.6. The second kappa shape index (κ2) is 15.4. The van der Waals surface area contributed by atoms with E-state index in [-0.39, 0.29) is 0 Å². The van der Waals surface area contributed by atoms with Crippen LogP contribution in [0.3, 0.4) is 0 Å². The molecule has 0 radical (unpaired) electrons. The summed E-state index contributed by atoms with van der Waals surface area (Å²) >= 11 is 0. The van der Waals surface area contributed by atoms with E-state index in [4.69, 9.17) is 0 Å². The normalized spacial score (nSPS) is 11.6. The molecule has 4 nitrogen and oxygen atoms in total. The predicted molar refractivity (Wildman–Crippen MR) is 279 cm³/mol. The minimum atomic E-state index is 1.09. The van der Waals surface area contributed by atoms with Gasteiger partial charge in [-0.3, -0.25) is 0 Å². The first-order chi connectivity index (χ1) is 32.8. The second-order valence-electron chi connectivity index (χ2n) is 16.9. The van der Waals surface area contributed by atoms with Crippen LogP contribution >= 0.6 is 0 Å². The molecule has 0 N–H and O–H groups in total. The molecule has 2 aromatic heterocycles. The fourth-order valence-corrected chi connectivity index (χ4v) is 10.4. The van der Waals surface area contributed by atoms with Crippen molar-refractivity contribution in [3.63, 3.8) is 0 Å². The minimum Gasteiger partial charge on any atom is -0.309 e. The van der Waals surface area contributed by atoms with Crippen molar-refractivity contribution in [1.29, 1.82) is 0 Å². The molecular weight excluding hydrogens is 801 g/mol. The molecule has 13 rings (SSSR count). The van der Waals surface area contributed by atoms with E-state index in [1.807, 2.05) is 0 Å². The second-order valence-corrected chi connectivity index (χ2v) is 16.9. The Morgan fingerprint density at radius 3 is 0.864 bits per heavy atom. The van der Waals surface area contributed by atoms with Gasteiger partial charge in [-0.15, -0.1) is 0 Å². The van der Waals surface area contributed by atoms with E-state index in [2.05, 4.69) is 274 Å². The lowest BCUT2D eigenvalue weighted by Gasteiger charge is -2.33. The largest absolute Gasteiger partial charge is 0.309 e. The average molecular weight is 843 g/mol. The Kier molecular flexibility index (Phi) is 8.81. The number of para-hydroxylation sites is 6. The number of aromatic nitrogens is 2. The number of nitrogens with zero attached hydrogens (tertiary/aromatic N) is 4. The molecule has 0 fully saturated rings. The number of anilines is 6. The van der Waals surface area contributed by atoms with Crippen molar-refractivity contribution >= 4 is 99.3 Å². The molecule has 0 saturated carbocycles. The standard InChI is InChI=1S/C62H42N4/c1-5-21-43(22-6-1)63(47-37-39-59-55(41-47)49-29-17-19-35-57(49)65(59)45-25-9-3-10-26-45)61-51-31-13-15-33-53(51)62(54-34-16-14-32-52(54)61)64(44-23-7-2-8-24-44)48-38-40-60-56(42-48)50-30-18-20-36-58(50)66(60)46-27-11-4-12-28-46/h1-42H. The van der Waals surface area contributed by atoms with Crippen LogP contribution in [0.4, 0.5) is 34.1 Å². The van der Waals surface area contributed by atoms with Crippen LogP contribution in [0.15, 0.2) is 255 Å². The zero-order valence-electron chi connectivity index (χ0n) is 36.0. The number of rotatable bonds is 8. The van der Waals surface area contributed by atoms with Crippen LogP contribution < -0.4 is 9.80 Å². The Hall–Kier alpha value is -8.86. The third-order valence-corrected chi connectivity index (χ3v) is 13.2. The molecular formula is C62H42N4. The summed E-state index contributed by atoms with van der Waals surface area (Å²) in [5.74, 6) is 0. The van der Waals surface area contributed by atoms with Gasteiger partial charge >= 0.3 is 0 Å². The fraction of sp³-hybridized carbons (Fsp3) is 0. The molecule has 13 aromatic rings. The summed E-state index contributed by atoms with van der Waals surface area (Å²) in [6, 6.07) is 92.5. The quantitative estimate of drug-likeness (QED) is 0.112. The lowest BCUT2D eigenvalue weighted by Crippen LogP contribution is -2.14. The molecule has 0 aliphatic carbocycles. The van der Waals surface area contributed by atoms with Gasteiger partial charge < -0.3 is 18.9 Å². The van der Waals surface area contributed by atoms with Crippen LogP contribution in [-0.4, -0.2) is 9.13 Å². The summed E-state index contributed by atoms with van der Waals surface area (Å²) in [5, 5.41) is 9.48. The molecule has 0 unspecified atom stereocenters. The Labute approximate surface area is 382 Å². The first-order valence-electron chi connectivity index (χ1n) is 22.6. The highest BCUT2D eigenvalue weighted by Crippen LogP contribution is 2.52. The predicted octanol–water partition coefficient (Wildman–Crippen LogP) is 17.1. The van der Waals surface area contributed by atoms with Crippen LogP contribution in [0.5, 0.6) is 0 Å². The molecule has 0 aliphatic heterocycles. The summed E-state index contributed by atoms with van der Waals surface area (Å²) in [6.07, 6.45) is 0.